The third-order valence-corrected chi connectivity index (χ3v) is 5.80. The van der Waals surface area contributed by atoms with Crippen molar-refractivity contribution >= 4 is 23.6 Å². The summed E-state index contributed by atoms with van der Waals surface area (Å²) in [6.07, 6.45) is 1.97. The lowest BCUT2D eigenvalue weighted by Gasteiger charge is -2.28. The molecule has 156 valence electrons. The summed E-state index contributed by atoms with van der Waals surface area (Å²) in [5, 5.41) is 2.95. The van der Waals surface area contributed by atoms with Crippen LogP contribution >= 0.6 is 11.8 Å². The first-order valence-corrected chi connectivity index (χ1v) is 11.4. The smallest absolute Gasteiger partial charge is 0.242 e. The Morgan fingerprint density at radius 2 is 1.72 bits per heavy atom. The van der Waals surface area contributed by atoms with Gasteiger partial charge in [-0.1, -0.05) is 73.5 Å². The van der Waals surface area contributed by atoms with E-state index in [0.717, 1.165) is 24.2 Å². The number of aryl methyl sites for hydroxylation is 1. The molecule has 4 nitrogen and oxygen atoms in total. The number of hydrogen-bond acceptors (Lipinski definition) is 3. The highest BCUT2D eigenvalue weighted by atomic mass is 32.2. The number of nitrogens with one attached hydrogen (secondary N) is 1. The maximum atomic E-state index is 13.0. The molecule has 5 heteroatoms. The van der Waals surface area contributed by atoms with Crippen LogP contribution < -0.4 is 5.32 Å². The molecule has 0 bridgehead atoms. The van der Waals surface area contributed by atoms with E-state index >= 15 is 0 Å². The van der Waals surface area contributed by atoms with Gasteiger partial charge in [-0.05, 0) is 31.4 Å². The molecule has 2 aromatic rings. The van der Waals surface area contributed by atoms with E-state index in [1.54, 1.807) is 16.7 Å². The molecule has 2 rings (SSSR count). The third kappa shape index (κ3) is 7.94. The average molecular weight is 413 g/mol. The first kappa shape index (κ1) is 23.0. The summed E-state index contributed by atoms with van der Waals surface area (Å²) in [6.45, 7) is 7.05. The van der Waals surface area contributed by atoms with Gasteiger partial charge in [0, 0.05) is 18.8 Å². The average Bonchev–Trinajstić information content (AvgIpc) is 2.73. The Kier molecular flexibility index (Phi) is 9.78. The van der Waals surface area contributed by atoms with Crippen LogP contribution in [0.1, 0.15) is 43.4 Å². The SMILES string of the molecule is CCCCNC(=O)[C@@H](C)N(Cc1ccccc1)C(=O)CSCc1ccc(C)cc1. The number of thioether (sulfide) groups is 1. The van der Waals surface area contributed by atoms with Gasteiger partial charge in [-0.2, -0.15) is 0 Å². The second kappa shape index (κ2) is 12.3. The predicted octanol–water partition coefficient (Wildman–Crippen LogP) is 4.56. The number of rotatable bonds is 11. The van der Waals surface area contributed by atoms with E-state index in [4.69, 9.17) is 0 Å². The highest BCUT2D eigenvalue weighted by molar-refractivity contribution is 7.99. The number of amides is 2. The normalized spacial score (nSPS) is 11.7. The molecule has 29 heavy (non-hydrogen) atoms. The van der Waals surface area contributed by atoms with Gasteiger partial charge in [0.25, 0.3) is 0 Å². The molecule has 0 spiro atoms. The van der Waals surface area contributed by atoms with E-state index in [1.165, 1.54) is 11.1 Å². The lowest BCUT2D eigenvalue weighted by molar-refractivity contribution is -0.138. The number of unbranched alkanes of at least 4 members (excludes halogenated alkanes) is 1. The molecule has 0 heterocycles. The minimum atomic E-state index is -0.500. The zero-order chi connectivity index (χ0) is 21.1. The fraction of sp³-hybridized carbons (Fsp3) is 0.417. The van der Waals surface area contributed by atoms with Gasteiger partial charge in [-0.3, -0.25) is 9.59 Å². The van der Waals surface area contributed by atoms with Crippen molar-refractivity contribution in [3.05, 3.63) is 71.3 Å². The van der Waals surface area contributed by atoms with Crippen molar-refractivity contribution in [1.29, 1.82) is 0 Å². The highest BCUT2D eigenvalue weighted by Gasteiger charge is 2.25. The van der Waals surface area contributed by atoms with E-state index in [9.17, 15) is 9.59 Å². The molecule has 0 fully saturated rings. The lowest BCUT2D eigenvalue weighted by atomic mass is 10.1. The van der Waals surface area contributed by atoms with Crippen LogP contribution in [0.15, 0.2) is 54.6 Å². The van der Waals surface area contributed by atoms with Gasteiger partial charge in [0.15, 0.2) is 0 Å². The fourth-order valence-corrected chi connectivity index (χ4v) is 3.79. The maximum Gasteiger partial charge on any atom is 0.242 e. The van der Waals surface area contributed by atoms with E-state index < -0.39 is 6.04 Å². The first-order valence-electron chi connectivity index (χ1n) is 10.3. The number of nitrogens with zero attached hydrogens (tertiary/aromatic N) is 1. The van der Waals surface area contributed by atoms with Crippen LogP contribution in [0.5, 0.6) is 0 Å². The van der Waals surface area contributed by atoms with Crippen LogP contribution in [0.2, 0.25) is 0 Å². The molecule has 0 aliphatic carbocycles. The summed E-state index contributed by atoms with van der Waals surface area (Å²) in [5.74, 6) is 1.03. The Bertz CT molecular complexity index is 762. The maximum absolute atomic E-state index is 13.0. The quantitative estimate of drug-likeness (QED) is 0.550. The fourth-order valence-electron chi connectivity index (χ4n) is 2.92. The van der Waals surface area contributed by atoms with Crippen LogP contribution in [0.4, 0.5) is 0 Å². The summed E-state index contributed by atoms with van der Waals surface area (Å²) in [6, 6.07) is 17.7. The van der Waals surface area contributed by atoms with Gasteiger partial charge in [0.05, 0.1) is 5.75 Å². The zero-order valence-corrected chi connectivity index (χ0v) is 18.5. The van der Waals surface area contributed by atoms with E-state index in [0.29, 0.717) is 18.8 Å². The van der Waals surface area contributed by atoms with Gasteiger partial charge in [-0.25, -0.2) is 0 Å². The molecule has 0 aromatic heterocycles. The molecule has 1 N–H and O–H groups in total. The molecular formula is C24H32N2O2S. The lowest BCUT2D eigenvalue weighted by Crippen LogP contribution is -2.48. The molecule has 0 unspecified atom stereocenters. The Morgan fingerprint density at radius 1 is 1.03 bits per heavy atom. The standard InChI is InChI=1S/C24H32N2O2S/c1-4-5-15-25-24(28)20(3)26(16-21-9-7-6-8-10-21)23(27)18-29-17-22-13-11-19(2)12-14-22/h6-14,20H,4-5,15-18H2,1-3H3,(H,25,28)/t20-/m1/s1. The van der Waals surface area contributed by atoms with E-state index in [1.807, 2.05) is 37.3 Å². The van der Waals surface area contributed by atoms with Crippen LogP contribution in [0.3, 0.4) is 0 Å². The molecule has 0 aliphatic rings. The minimum absolute atomic E-state index is 0.0101. The van der Waals surface area contributed by atoms with Crippen LogP contribution in [0, 0.1) is 6.92 Å². The van der Waals surface area contributed by atoms with Crippen molar-refractivity contribution in [2.75, 3.05) is 12.3 Å². The Balaban J connectivity index is 1.99. The molecule has 2 aromatic carbocycles. The van der Waals surface area contributed by atoms with Gasteiger partial charge in [0.1, 0.15) is 6.04 Å². The molecule has 2 amide bonds. The summed E-state index contributed by atoms with van der Waals surface area (Å²) in [4.78, 5) is 27.3. The van der Waals surface area contributed by atoms with Crippen LogP contribution in [0.25, 0.3) is 0 Å². The van der Waals surface area contributed by atoms with Gasteiger partial charge in [0.2, 0.25) is 11.8 Å². The van der Waals surface area contributed by atoms with Crippen LogP contribution in [-0.4, -0.2) is 35.1 Å². The minimum Gasteiger partial charge on any atom is -0.354 e. The van der Waals surface area contributed by atoms with E-state index in [-0.39, 0.29) is 11.8 Å². The van der Waals surface area contributed by atoms with Crippen molar-refractivity contribution in [2.45, 2.75) is 52.0 Å². The van der Waals surface area contributed by atoms with Gasteiger partial charge < -0.3 is 10.2 Å². The van der Waals surface area contributed by atoms with Crippen molar-refractivity contribution in [3.8, 4) is 0 Å². The third-order valence-electron chi connectivity index (χ3n) is 4.81. The zero-order valence-electron chi connectivity index (χ0n) is 17.7. The first-order chi connectivity index (χ1) is 14.0. The van der Waals surface area contributed by atoms with Crippen molar-refractivity contribution in [1.82, 2.24) is 10.2 Å². The second-order valence-electron chi connectivity index (χ2n) is 7.31. The number of carbonyl (C=O) groups excluding carboxylic acids is 2. The molecular weight excluding hydrogens is 380 g/mol. The summed E-state index contributed by atoms with van der Waals surface area (Å²) < 4.78 is 0. The Hall–Kier alpha value is -2.27. The topological polar surface area (TPSA) is 49.4 Å². The van der Waals surface area contributed by atoms with Crippen LogP contribution in [-0.2, 0) is 21.9 Å². The Labute approximate surface area is 179 Å². The molecule has 0 saturated heterocycles. The van der Waals surface area contributed by atoms with Crippen molar-refractivity contribution < 1.29 is 9.59 Å². The molecule has 0 radical (unpaired) electrons. The van der Waals surface area contributed by atoms with Gasteiger partial charge >= 0.3 is 0 Å². The number of carbonyl (C=O) groups is 2. The molecule has 0 aliphatic heterocycles. The van der Waals surface area contributed by atoms with Crippen molar-refractivity contribution in [2.24, 2.45) is 0 Å². The summed E-state index contributed by atoms with van der Waals surface area (Å²) >= 11 is 1.59. The largest absolute Gasteiger partial charge is 0.354 e. The summed E-state index contributed by atoms with van der Waals surface area (Å²) in [5.41, 5.74) is 3.46. The number of hydrogen-bond donors (Lipinski definition) is 1. The highest BCUT2D eigenvalue weighted by Crippen LogP contribution is 2.16. The van der Waals surface area contributed by atoms with E-state index in [2.05, 4.69) is 43.4 Å². The Morgan fingerprint density at radius 3 is 2.38 bits per heavy atom. The number of benzene rings is 2. The molecule has 0 saturated carbocycles. The second-order valence-corrected chi connectivity index (χ2v) is 8.29. The van der Waals surface area contributed by atoms with Gasteiger partial charge in [-0.15, -0.1) is 11.8 Å². The summed E-state index contributed by atoms with van der Waals surface area (Å²) in [7, 11) is 0. The predicted molar refractivity (Wildman–Crippen MR) is 122 cm³/mol. The monoisotopic (exact) mass is 412 g/mol. The molecule has 1 atom stereocenters. The van der Waals surface area contributed by atoms with Crippen molar-refractivity contribution in [3.63, 3.8) is 0 Å².